The number of benzene rings is 2. The van der Waals surface area contributed by atoms with Crippen LogP contribution in [0.2, 0.25) is 0 Å². The Morgan fingerprint density at radius 3 is 1.96 bits per heavy atom. The number of alkyl halides is 13. The fourth-order valence-electron chi connectivity index (χ4n) is 5.66. The van der Waals surface area contributed by atoms with Gasteiger partial charge < -0.3 is 9.47 Å². The van der Waals surface area contributed by atoms with E-state index in [-0.39, 0.29) is 30.1 Å². The maximum Gasteiger partial charge on any atom is 0.460 e. The van der Waals surface area contributed by atoms with Crippen molar-refractivity contribution in [2.75, 3.05) is 26.8 Å². The zero-order valence-corrected chi connectivity index (χ0v) is 29.3. The monoisotopic (exact) mass is 825 g/mol. The summed E-state index contributed by atoms with van der Waals surface area (Å²) < 4.78 is 186. The molecular weight excluding hydrogens is 793 g/mol. The summed E-state index contributed by atoms with van der Waals surface area (Å²) in [6.45, 7) is 1.63. The standard InChI is InChI=1S/C34H32F13N3O6/c1-19-24(27(51)55-15-8-13-29(35,36)30(37,38)31(39,40)32(41,42)33(43,44)34(45,46)47)26(22-11-7-12-23(17-22)50(53)54)25(20(2)48-19)28(52)56-16-14-49(3)18-21-9-5-4-6-10-21/h4-7,9-12,17,25-26H,8,13-16,18H2,1-3H3. The van der Waals surface area contributed by atoms with Crippen LogP contribution in [0.4, 0.5) is 62.8 Å². The van der Waals surface area contributed by atoms with Gasteiger partial charge in [-0.2, -0.15) is 57.1 Å². The molecule has 56 heavy (non-hydrogen) atoms. The lowest BCUT2D eigenvalue weighted by Crippen LogP contribution is -2.70. The Bertz CT molecular complexity index is 1820. The molecule has 22 heteroatoms. The predicted molar refractivity (Wildman–Crippen MR) is 170 cm³/mol. The molecule has 1 aliphatic heterocycles. The first-order valence-electron chi connectivity index (χ1n) is 16.1. The van der Waals surface area contributed by atoms with Crippen LogP contribution in [0.1, 0.15) is 43.7 Å². The summed E-state index contributed by atoms with van der Waals surface area (Å²) in [5, 5.41) is 11.6. The normalized spacial score (nSPS) is 17.5. The van der Waals surface area contributed by atoms with Crippen LogP contribution in [0.3, 0.4) is 0 Å². The fourth-order valence-corrected chi connectivity index (χ4v) is 5.66. The van der Waals surface area contributed by atoms with Gasteiger partial charge in [0.2, 0.25) is 0 Å². The van der Waals surface area contributed by atoms with Crippen LogP contribution < -0.4 is 0 Å². The van der Waals surface area contributed by atoms with Crippen LogP contribution in [0.15, 0.2) is 70.9 Å². The number of hydrogen-bond donors (Lipinski definition) is 0. The van der Waals surface area contributed by atoms with E-state index in [2.05, 4.69) is 4.99 Å². The first kappa shape index (κ1) is 45.6. The molecule has 0 N–H and O–H groups in total. The molecule has 3 rings (SSSR count). The van der Waals surface area contributed by atoms with E-state index in [0.29, 0.717) is 6.54 Å². The highest BCUT2D eigenvalue weighted by Crippen LogP contribution is 2.60. The Morgan fingerprint density at radius 2 is 1.39 bits per heavy atom. The number of allylic oxidation sites excluding steroid dienone is 1. The van der Waals surface area contributed by atoms with Crippen molar-refractivity contribution in [3.63, 3.8) is 0 Å². The van der Waals surface area contributed by atoms with Gasteiger partial charge in [0, 0.05) is 49.0 Å². The number of halogens is 13. The van der Waals surface area contributed by atoms with E-state index in [0.717, 1.165) is 17.7 Å². The minimum absolute atomic E-state index is 0.0360. The highest BCUT2D eigenvalue weighted by atomic mass is 19.4. The molecule has 0 bridgehead atoms. The lowest BCUT2D eigenvalue weighted by atomic mass is 9.75. The maximum absolute atomic E-state index is 14.3. The number of hydrogen-bond acceptors (Lipinski definition) is 8. The highest BCUT2D eigenvalue weighted by Gasteiger charge is 2.90. The van der Waals surface area contributed by atoms with Gasteiger partial charge in [0.25, 0.3) is 5.69 Å². The topological polar surface area (TPSA) is 111 Å². The van der Waals surface area contributed by atoms with Crippen molar-refractivity contribution in [2.45, 2.75) is 74.9 Å². The molecule has 0 radical (unpaired) electrons. The van der Waals surface area contributed by atoms with E-state index in [1.54, 1.807) is 11.9 Å². The molecule has 2 aromatic carbocycles. The highest BCUT2D eigenvalue weighted by molar-refractivity contribution is 6.07. The number of rotatable bonds is 17. The SMILES string of the molecule is CC1=NC(C)=C(C(=O)OCCCC(F)(F)C(F)(F)C(F)(F)C(F)(F)C(F)(F)C(F)(F)F)C(c2cccc([N+](=O)[O-])c2)C1C(=O)OCCN(C)Cc1ccccc1. The first-order chi connectivity index (χ1) is 25.6. The van der Waals surface area contributed by atoms with Gasteiger partial charge in [-0.25, -0.2) is 4.79 Å². The first-order valence-corrected chi connectivity index (χ1v) is 16.1. The predicted octanol–water partition coefficient (Wildman–Crippen LogP) is 8.78. The van der Waals surface area contributed by atoms with Crippen molar-refractivity contribution >= 4 is 23.3 Å². The van der Waals surface area contributed by atoms with Gasteiger partial charge in [-0.1, -0.05) is 42.5 Å². The van der Waals surface area contributed by atoms with E-state index in [9.17, 15) is 76.8 Å². The molecule has 0 amide bonds. The molecule has 310 valence electrons. The largest absolute Gasteiger partial charge is 0.464 e. The third-order valence-corrected chi connectivity index (χ3v) is 8.62. The van der Waals surface area contributed by atoms with Crippen molar-refractivity contribution in [2.24, 2.45) is 10.9 Å². The van der Waals surface area contributed by atoms with Gasteiger partial charge >= 0.3 is 47.7 Å². The van der Waals surface area contributed by atoms with E-state index in [4.69, 9.17) is 9.47 Å². The molecule has 1 heterocycles. The van der Waals surface area contributed by atoms with Gasteiger partial charge in [-0.3, -0.25) is 24.8 Å². The lowest BCUT2D eigenvalue weighted by molar-refractivity contribution is -0.440. The smallest absolute Gasteiger partial charge is 0.460 e. The number of nitro benzene ring substituents is 1. The molecule has 0 saturated heterocycles. The number of esters is 2. The number of aliphatic imine (C=N–C) groups is 1. The Hall–Kier alpha value is -4.76. The second-order valence-electron chi connectivity index (χ2n) is 12.7. The van der Waals surface area contributed by atoms with Crippen LogP contribution >= 0.6 is 0 Å². The van der Waals surface area contributed by atoms with Gasteiger partial charge in [-0.05, 0) is 38.4 Å². The van der Waals surface area contributed by atoms with Gasteiger partial charge in [0.1, 0.15) is 12.5 Å². The second kappa shape index (κ2) is 16.8. The van der Waals surface area contributed by atoms with Crippen molar-refractivity contribution in [3.05, 3.63) is 87.1 Å². The Morgan fingerprint density at radius 1 is 0.804 bits per heavy atom. The van der Waals surface area contributed by atoms with Crippen molar-refractivity contribution in [1.29, 1.82) is 0 Å². The van der Waals surface area contributed by atoms with Crippen LogP contribution in [-0.4, -0.2) is 90.1 Å². The summed E-state index contributed by atoms with van der Waals surface area (Å²) >= 11 is 0. The third kappa shape index (κ3) is 9.10. The summed E-state index contributed by atoms with van der Waals surface area (Å²) in [5.74, 6) is -43.2. The average molecular weight is 826 g/mol. The molecule has 2 atom stereocenters. The second-order valence-corrected chi connectivity index (χ2v) is 12.7. The summed E-state index contributed by atoms with van der Waals surface area (Å²) in [6.07, 6.45) is -11.7. The summed E-state index contributed by atoms with van der Waals surface area (Å²) in [6, 6.07) is 13.7. The molecule has 9 nitrogen and oxygen atoms in total. The number of carbonyl (C=O) groups is 2. The zero-order valence-electron chi connectivity index (χ0n) is 29.3. The molecule has 0 spiro atoms. The van der Waals surface area contributed by atoms with Crippen molar-refractivity contribution in [3.8, 4) is 0 Å². The van der Waals surface area contributed by atoms with Gasteiger partial charge in [0.15, 0.2) is 0 Å². The van der Waals surface area contributed by atoms with Crippen LogP contribution in [0.5, 0.6) is 0 Å². The van der Waals surface area contributed by atoms with E-state index < -0.39 is 95.2 Å². The number of ether oxygens (including phenoxy) is 2. The summed E-state index contributed by atoms with van der Waals surface area (Å²) in [5.41, 5.74) is -0.325. The average Bonchev–Trinajstić information content (AvgIpc) is 3.09. The minimum atomic E-state index is -8.06. The van der Waals surface area contributed by atoms with Crippen LogP contribution in [0.25, 0.3) is 0 Å². The molecule has 2 aromatic rings. The van der Waals surface area contributed by atoms with Crippen LogP contribution in [0, 0.1) is 16.0 Å². The Balaban J connectivity index is 1.83. The lowest BCUT2D eigenvalue weighted by Gasteiger charge is -2.39. The number of nitrogens with zero attached hydrogens (tertiary/aromatic N) is 3. The third-order valence-electron chi connectivity index (χ3n) is 8.62. The molecule has 0 aromatic heterocycles. The van der Waals surface area contributed by atoms with E-state index >= 15 is 0 Å². The molecule has 1 aliphatic rings. The number of nitro groups is 1. The van der Waals surface area contributed by atoms with Crippen molar-refractivity contribution < 1.29 is 81.1 Å². The zero-order chi connectivity index (χ0) is 42.7. The Kier molecular flexibility index (Phi) is 13.7. The maximum atomic E-state index is 14.3. The molecule has 2 unspecified atom stereocenters. The number of non-ortho nitro benzene ring substituents is 1. The molecular formula is C34H32F13N3O6. The summed E-state index contributed by atoms with van der Waals surface area (Å²) in [4.78, 5) is 43.6. The Labute approximate surface area is 309 Å². The van der Waals surface area contributed by atoms with Crippen molar-refractivity contribution in [1.82, 2.24) is 4.90 Å². The minimum Gasteiger partial charge on any atom is -0.464 e. The van der Waals surface area contributed by atoms with E-state index in [1.807, 2.05) is 30.3 Å². The van der Waals surface area contributed by atoms with Crippen LogP contribution in [-0.2, 0) is 25.6 Å². The molecule has 0 saturated carbocycles. The van der Waals surface area contributed by atoms with Gasteiger partial charge in [0.05, 0.1) is 17.1 Å². The molecule has 0 fully saturated rings. The quantitative estimate of drug-likeness (QED) is 0.0516. The van der Waals surface area contributed by atoms with Gasteiger partial charge in [-0.15, -0.1) is 0 Å². The summed E-state index contributed by atoms with van der Waals surface area (Å²) in [7, 11) is 1.73. The van der Waals surface area contributed by atoms with E-state index in [1.165, 1.54) is 26.0 Å². The number of carbonyl (C=O) groups excluding carboxylic acids is 2. The molecule has 0 aliphatic carbocycles. The fraction of sp³-hybridized carbons (Fsp3) is 0.500. The number of likely N-dealkylation sites (N-methyl/N-ethyl adjacent to an activating group) is 1.